The number of benzene rings is 1. The molecule has 1 aliphatic carbocycles. The number of nitrogens with zero attached hydrogens (tertiary/aromatic N) is 3. The summed E-state index contributed by atoms with van der Waals surface area (Å²) in [5.74, 6) is 0.762. The second-order valence-electron chi connectivity index (χ2n) is 6.34. The Morgan fingerprint density at radius 3 is 2.79 bits per heavy atom. The zero-order valence-corrected chi connectivity index (χ0v) is 13.5. The predicted molar refractivity (Wildman–Crippen MR) is 93.2 cm³/mol. The first kappa shape index (κ1) is 14.9. The second kappa shape index (κ2) is 6.43. The maximum atomic E-state index is 12.5. The van der Waals surface area contributed by atoms with E-state index in [9.17, 15) is 4.79 Å². The first-order chi connectivity index (χ1) is 11.8. The standard InChI is InChI=1S/C19H20N4O/c24-19(21-16-6-2-1-3-7-16)14-9-10-15-13-23(22-17(15)12-14)18-8-4-5-11-20-18/h4-5,8-13,16H,1-3,6-7H2,(H,21,24). The van der Waals surface area contributed by atoms with Crippen LogP contribution in [0.4, 0.5) is 0 Å². The fraction of sp³-hybridized carbons (Fsp3) is 0.316. The Morgan fingerprint density at radius 1 is 1.12 bits per heavy atom. The molecule has 24 heavy (non-hydrogen) atoms. The van der Waals surface area contributed by atoms with Gasteiger partial charge in [0.1, 0.15) is 0 Å². The van der Waals surface area contributed by atoms with Gasteiger partial charge in [-0.1, -0.05) is 31.4 Å². The van der Waals surface area contributed by atoms with Gasteiger partial charge in [-0.3, -0.25) is 4.79 Å². The Kier molecular flexibility index (Phi) is 3.99. The second-order valence-corrected chi connectivity index (χ2v) is 6.34. The monoisotopic (exact) mass is 320 g/mol. The Bertz CT molecular complexity index is 850. The van der Waals surface area contributed by atoms with Gasteiger partial charge in [0.05, 0.1) is 5.52 Å². The van der Waals surface area contributed by atoms with Crippen molar-refractivity contribution in [1.29, 1.82) is 0 Å². The van der Waals surface area contributed by atoms with Crippen LogP contribution in [0.1, 0.15) is 42.5 Å². The van der Waals surface area contributed by atoms with E-state index in [1.807, 2.05) is 42.6 Å². The summed E-state index contributed by atoms with van der Waals surface area (Å²) >= 11 is 0. The maximum absolute atomic E-state index is 12.5. The number of carbonyl (C=O) groups is 1. The smallest absolute Gasteiger partial charge is 0.251 e. The summed E-state index contributed by atoms with van der Waals surface area (Å²) in [4.78, 5) is 16.8. The van der Waals surface area contributed by atoms with Crippen molar-refractivity contribution in [3.8, 4) is 5.82 Å². The lowest BCUT2D eigenvalue weighted by molar-refractivity contribution is 0.0928. The van der Waals surface area contributed by atoms with Crippen molar-refractivity contribution in [2.75, 3.05) is 0 Å². The minimum Gasteiger partial charge on any atom is -0.349 e. The summed E-state index contributed by atoms with van der Waals surface area (Å²) in [7, 11) is 0. The highest BCUT2D eigenvalue weighted by molar-refractivity contribution is 5.97. The van der Waals surface area contributed by atoms with Gasteiger partial charge >= 0.3 is 0 Å². The van der Waals surface area contributed by atoms with Crippen LogP contribution in [0.3, 0.4) is 0 Å². The van der Waals surface area contributed by atoms with E-state index >= 15 is 0 Å². The molecule has 122 valence electrons. The molecule has 1 amide bonds. The van der Waals surface area contributed by atoms with Crippen molar-refractivity contribution in [2.24, 2.45) is 0 Å². The van der Waals surface area contributed by atoms with Crippen LogP contribution in [0.2, 0.25) is 0 Å². The van der Waals surface area contributed by atoms with E-state index in [2.05, 4.69) is 15.4 Å². The minimum absolute atomic E-state index is 0.00353. The van der Waals surface area contributed by atoms with E-state index in [0.29, 0.717) is 11.6 Å². The van der Waals surface area contributed by atoms with Gasteiger partial charge in [-0.25, -0.2) is 9.67 Å². The molecule has 1 N–H and O–H groups in total. The summed E-state index contributed by atoms with van der Waals surface area (Å²) in [5, 5.41) is 8.69. The topological polar surface area (TPSA) is 59.8 Å². The van der Waals surface area contributed by atoms with Crippen LogP contribution in [-0.2, 0) is 0 Å². The number of fused-ring (bicyclic) bond motifs is 1. The van der Waals surface area contributed by atoms with Crippen molar-refractivity contribution in [3.63, 3.8) is 0 Å². The van der Waals surface area contributed by atoms with Gasteiger partial charge < -0.3 is 5.32 Å². The molecule has 1 aromatic carbocycles. The number of aromatic nitrogens is 3. The summed E-state index contributed by atoms with van der Waals surface area (Å²) in [6.07, 6.45) is 9.54. The fourth-order valence-electron chi connectivity index (χ4n) is 3.28. The zero-order valence-electron chi connectivity index (χ0n) is 13.5. The molecule has 0 saturated heterocycles. The summed E-state index contributed by atoms with van der Waals surface area (Å²) < 4.78 is 1.74. The van der Waals surface area contributed by atoms with Gasteiger partial charge in [0, 0.05) is 29.4 Å². The van der Waals surface area contributed by atoms with Gasteiger partial charge in [0.15, 0.2) is 5.82 Å². The molecule has 5 nitrogen and oxygen atoms in total. The molecule has 1 aliphatic rings. The molecule has 0 bridgehead atoms. The minimum atomic E-state index is -0.00353. The molecule has 3 aromatic rings. The van der Waals surface area contributed by atoms with Crippen LogP contribution in [0.25, 0.3) is 16.7 Å². The first-order valence-electron chi connectivity index (χ1n) is 8.51. The Morgan fingerprint density at radius 2 is 2.00 bits per heavy atom. The molecule has 1 saturated carbocycles. The quantitative estimate of drug-likeness (QED) is 0.803. The van der Waals surface area contributed by atoms with E-state index in [0.717, 1.165) is 29.6 Å². The summed E-state index contributed by atoms with van der Waals surface area (Å²) in [5.41, 5.74) is 1.47. The first-order valence-corrected chi connectivity index (χ1v) is 8.51. The summed E-state index contributed by atoms with van der Waals surface area (Å²) in [6.45, 7) is 0. The molecular formula is C19H20N4O. The molecule has 1 fully saturated rings. The van der Waals surface area contributed by atoms with Gasteiger partial charge in [-0.2, -0.15) is 5.10 Å². The van der Waals surface area contributed by atoms with Crippen LogP contribution in [0.5, 0.6) is 0 Å². The normalized spacial score (nSPS) is 15.5. The van der Waals surface area contributed by atoms with Crippen molar-refractivity contribution in [3.05, 3.63) is 54.4 Å². The average Bonchev–Trinajstić information content (AvgIpc) is 3.06. The van der Waals surface area contributed by atoms with Crippen LogP contribution in [-0.4, -0.2) is 26.7 Å². The molecular weight excluding hydrogens is 300 g/mol. The lowest BCUT2D eigenvalue weighted by Gasteiger charge is -2.22. The lowest BCUT2D eigenvalue weighted by atomic mass is 9.95. The van der Waals surface area contributed by atoms with Crippen molar-refractivity contribution in [1.82, 2.24) is 20.1 Å². The fourth-order valence-corrected chi connectivity index (χ4v) is 3.28. The average molecular weight is 320 g/mol. The highest BCUT2D eigenvalue weighted by Gasteiger charge is 2.17. The van der Waals surface area contributed by atoms with Gasteiger partial charge in [-0.05, 0) is 37.1 Å². The van der Waals surface area contributed by atoms with Crippen LogP contribution in [0.15, 0.2) is 48.8 Å². The third kappa shape index (κ3) is 3.02. The number of rotatable bonds is 3. The Hall–Kier alpha value is -2.69. The van der Waals surface area contributed by atoms with Crippen LogP contribution < -0.4 is 5.32 Å². The molecule has 0 spiro atoms. The van der Waals surface area contributed by atoms with Crippen molar-refractivity contribution < 1.29 is 4.79 Å². The largest absolute Gasteiger partial charge is 0.349 e. The van der Waals surface area contributed by atoms with Crippen LogP contribution >= 0.6 is 0 Å². The Labute approximate surface area is 140 Å². The van der Waals surface area contributed by atoms with Crippen molar-refractivity contribution >= 4 is 16.8 Å². The van der Waals surface area contributed by atoms with Gasteiger partial charge in [0.25, 0.3) is 5.91 Å². The van der Waals surface area contributed by atoms with Crippen LogP contribution in [0, 0.1) is 0 Å². The molecule has 0 radical (unpaired) electrons. The number of carbonyl (C=O) groups excluding carboxylic acids is 1. The maximum Gasteiger partial charge on any atom is 0.251 e. The van der Waals surface area contributed by atoms with Gasteiger partial charge in [0.2, 0.25) is 0 Å². The van der Waals surface area contributed by atoms with E-state index in [4.69, 9.17) is 0 Å². The SMILES string of the molecule is O=C(NC1CCCCC1)c1ccc2cn(-c3ccccn3)nc2c1. The number of hydrogen-bond donors (Lipinski definition) is 1. The molecule has 5 heteroatoms. The highest BCUT2D eigenvalue weighted by Crippen LogP contribution is 2.19. The molecule has 0 atom stereocenters. The van der Waals surface area contributed by atoms with E-state index in [-0.39, 0.29) is 5.91 Å². The van der Waals surface area contributed by atoms with E-state index in [1.165, 1.54) is 19.3 Å². The highest BCUT2D eigenvalue weighted by atomic mass is 16.1. The lowest BCUT2D eigenvalue weighted by Crippen LogP contribution is -2.36. The third-order valence-corrected chi connectivity index (χ3v) is 4.59. The Balaban J connectivity index is 1.57. The number of hydrogen-bond acceptors (Lipinski definition) is 3. The third-order valence-electron chi connectivity index (χ3n) is 4.59. The predicted octanol–water partition coefficient (Wildman–Crippen LogP) is 3.48. The molecule has 0 aliphatic heterocycles. The number of pyridine rings is 1. The molecule has 4 rings (SSSR count). The van der Waals surface area contributed by atoms with E-state index in [1.54, 1.807) is 10.9 Å². The number of nitrogens with one attached hydrogen (secondary N) is 1. The molecule has 2 aromatic heterocycles. The summed E-state index contributed by atoms with van der Waals surface area (Å²) in [6, 6.07) is 11.7. The molecule has 0 unspecified atom stereocenters. The van der Waals surface area contributed by atoms with E-state index < -0.39 is 0 Å². The zero-order chi connectivity index (χ0) is 16.4. The van der Waals surface area contributed by atoms with Gasteiger partial charge in [-0.15, -0.1) is 0 Å². The van der Waals surface area contributed by atoms with Crippen molar-refractivity contribution in [2.45, 2.75) is 38.1 Å². The molecule has 2 heterocycles. The number of amides is 1.